The predicted octanol–water partition coefficient (Wildman–Crippen LogP) is 2.04. The van der Waals surface area contributed by atoms with E-state index in [0.29, 0.717) is 11.8 Å². The number of nitrogens with zero attached hydrogens (tertiary/aromatic N) is 1. The van der Waals surface area contributed by atoms with E-state index in [4.69, 9.17) is 4.74 Å². The van der Waals surface area contributed by atoms with Gasteiger partial charge in [-0.25, -0.2) is 0 Å². The van der Waals surface area contributed by atoms with Gasteiger partial charge in [0.15, 0.2) is 6.10 Å². The summed E-state index contributed by atoms with van der Waals surface area (Å²) in [6.07, 6.45) is -0.469. The van der Waals surface area contributed by atoms with Gasteiger partial charge in [-0.2, -0.15) is 0 Å². The predicted molar refractivity (Wildman–Crippen MR) is 78.3 cm³/mol. The van der Waals surface area contributed by atoms with Crippen molar-refractivity contribution < 1.29 is 9.53 Å². The maximum atomic E-state index is 12.3. The Bertz CT molecular complexity index is 453. The zero-order valence-corrected chi connectivity index (χ0v) is 12.8. The van der Waals surface area contributed by atoms with Crippen molar-refractivity contribution in [2.24, 2.45) is 0 Å². The maximum absolute atomic E-state index is 12.3. The molecule has 0 radical (unpaired) electrons. The topological polar surface area (TPSA) is 41.6 Å². The SMILES string of the molecule is C[C@@H]1CN(C(=O)[C@@H](C)Oc2ccccc2Br)CCN1. The zero-order chi connectivity index (χ0) is 13.8. The largest absolute Gasteiger partial charge is 0.480 e. The molecule has 19 heavy (non-hydrogen) atoms. The van der Waals surface area contributed by atoms with E-state index in [2.05, 4.69) is 28.2 Å². The second-order valence-corrected chi connectivity index (χ2v) is 5.68. The Labute approximate surface area is 122 Å². The van der Waals surface area contributed by atoms with Gasteiger partial charge < -0.3 is 15.0 Å². The van der Waals surface area contributed by atoms with Gasteiger partial charge in [0, 0.05) is 25.7 Å². The summed E-state index contributed by atoms with van der Waals surface area (Å²) >= 11 is 3.42. The molecule has 0 unspecified atom stereocenters. The van der Waals surface area contributed by atoms with Gasteiger partial charge in [0.25, 0.3) is 5.91 Å². The van der Waals surface area contributed by atoms with E-state index in [1.54, 1.807) is 6.92 Å². The normalized spacial score (nSPS) is 21.0. The molecular formula is C14H19BrN2O2. The standard InChI is InChI=1S/C14H19BrN2O2/c1-10-9-17(8-7-16-10)14(18)11(2)19-13-6-4-3-5-12(13)15/h3-6,10-11,16H,7-9H2,1-2H3/t10-,11-/m1/s1. The number of hydrogen-bond donors (Lipinski definition) is 1. The Morgan fingerprint density at radius 2 is 2.26 bits per heavy atom. The van der Waals surface area contributed by atoms with Crippen LogP contribution >= 0.6 is 15.9 Å². The molecule has 1 fully saturated rings. The van der Waals surface area contributed by atoms with Crippen LogP contribution < -0.4 is 10.1 Å². The van der Waals surface area contributed by atoms with Gasteiger partial charge in [0.2, 0.25) is 0 Å². The summed E-state index contributed by atoms with van der Waals surface area (Å²) in [5.74, 6) is 0.746. The second kappa shape index (κ2) is 6.39. The van der Waals surface area contributed by atoms with Gasteiger partial charge >= 0.3 is 0 Å². The first-order valence-electron chi connectivity index (χ1n) is 6.51. The number of carbonyl (C=O) groups excluding carboxylic acids is 1. The molecule has 1 saturated heterocycles. The smallest absolute Gasteiger partial charge is 0.263 e. The number of amides is 1. The lowest BCUT2D eigenvalue weighted by Gasteiger charge is -2.33. The summed E-state index contributed by atoms with van der Waals surface area (Å²) in [5, 5.41) is 3.32. The number of rotatable bonds is 3. The zero-order valence-electron chi connectivity index (χ0n) is 11.2. The van der Waals surface area contributed by atoms with Crippen LogP contribution in [-0.4, -0.2) is 42.6 Å². The van der Waals surface area contributed by atoms with Crippen LogP contribution in [0.5, 0.6) is 5.75 Å². The molecule has 5 heteroatoms. The van der Waals surface area contributed by atoms with E-state index < -0.39 is 6.10 Å². The summed E-state index contributed by atoms with van der Waals surface area (Å²) in [6, 6.07) is 7.91. The van der Waals surface area contributed by atoms with Crippen molar-refractivity contribution in [2.45, 2.75) is 26.0 Å². The molecule has 0 aliphatic carbocycles. The van der Waals surface area contributed by atoms with Gasteiger partial charge in [-0.15, -0.1) is 0 Å². The molecule has 0 saturated carbocycles. The highest BCUT2D eigenvalue weighted by atomic mass is 79.9. The molecule has 1 aromatic carbocycles. The third kappa shape index (κ3) is 3.70. The number of halogens is 1. The van der Waals surface area contributed by atoms with Crippen LogP contribution in [0.2, 0.25) is 0 Å². The first-order chi connectivity index (χ1) is 9.08. The number of piperazine rings is 1. The molecule has 1 aliphatic heterocycles. The van der Waals surface area contributed by atoms with Gasteiger partial charge in [-0.05, 0) is 41.9 Å². The fraction of sp³-hybridized carbons (Fsp3) is 0.500. The highest BCUT2D eigenvalue weighted by Crippen LogP contribution is 2.25. The van der Waals surface area contributed by atoms with E-state index in [-0.39, 0.29) is 5.91 Å². The Balaban J connectivity index is 1.97. The van der Waals surface area contributed by atoms with E-state index >= 15 is 0 Å². The van der Waals surface area contributed by atoms with Gasteiger partial charge in [-0.1, -0.05) is 12.1 Å². The minimum absolute atomic E-state index is 0.0455. The van der Waals surface area contributed by atoms with Crippen LogP contribution in [0.25, 0.3) is 0 Å². The molecule has 2 rings (SSSR count). The van der Waals surface area contributed by atoms with Crippen LogP contribution in [0.1, 0.15) is 13.8 Å². The number of para-hydroxylation sites is 1. The minimum atomic E-state index is -0.469. The van der Waals surface area contributed by atoms with E-state index in [1.807, 2.05) is 29.2 Å². The van der Waals surface area contributed by atoms with Crippen LogP contribution in [0.3, 0.4) is 0 Å². The second-order valence-electron chi connectivity index (χ2n) is 4.83. The number of ether oxygens (including phenoxy) is 1. The lowest BCUT2D eigenvalue weighted by Crippen LogP contribution is -2.54. The Morgan fingerprint density at radius 3 is 2.95 bits per heavy atom. The molecule has 1 heterocycles. The Kier molecular flexibility index (Phi) is 4.82. The lowest BCUT2D eigenvalue weighted by molar-refractivity contribution is -0.139. The molecule has 1 aliphatic rings. The van der Waals surface area contributed by atoms with Crippen molar-refractivity contribution in [3.63, 3.8) is 0 Å². The summed E-state index contributed by atoms with van der Waals surface area (Å²) in [6.45, 7) is 6.21. The van der Waals surface area contributed by atoms with Crippen molar-refractivity contribution in [1.82, 2.24) is 10.2 Å². The number of carbonyl (C=O) groups is 1. The molecule has 104 valence electrons. The average Bonchev–Trinajstić information content (AvgIpc) is 2.40. The number of nitrogens with one attached hydrogen (secondary N) is 1. The molecule has 0 bridgehead atoms. The Morgan fingerprint density at radius 1 is 1.53 bits per heavy atom. The summed E-state index contributed by atoms with van der Waals surface area (Å²) in [4.78, 5) is 14.2. The van der Waals surface area contributed by atoms with E-state index in [0.717, 1.165) is 24.1 Å². The van der Waals surface area contributed by atoms with Crippen molar-refractivity contribution in [3.05, 3.63) is 28.7 Å². The van der Waals surface area contributed by atoms with Crippen LogP contribution in [0.15, 0.2) is 28.7 Å². The van der Waals surface area contributed by atoms with Crippen molar-refractivity contribution in [1.29, 1.82) is 0 Å². The van der Waals surface area contributed by atoms with Gasteiger partial charge in [0.05, 0.1) is 4.47 Å². The molecule has 4 nitrogen and oxygen atoms in total. The van der Waals surface area contributed by atoms with Gasteiger partial charge in [-0.3, -0.25) is 4.79 Å². The lowest BCUT2D eigenvalue weighted by atomic mass is 10.2. The third-order valence-electron chi connectivity index (χ3n) is 3.17. The van der Waals surface area contributed by atoms with E-state index in [1.165, 1.54) is 0 Å². The first-order valence-corrected chi connectivity index (χ1v) is 7.30. The quantitative estimate of drug-likeness (QED) is 0.924. The molecule has 1 N–H and O–H groups in total. The fourth-order valence-corrected chi connectivity index (χ4v) is 2.55. The minimum Gasteiger partial charge on any atom is -0.480 e. The van der Waals surface area contributed by atoms with Crippen LogP contribution in [0, 0.1) is 0 Å². The van der Waals surface area contributed by atoms with Gasteiger partial charge in [0.1, 0.15) is 5.75 Å². The Hall–Kier alpha value is -1.07. The highest BCUT2D eigenvalue weighted by Gasteiger charge is 2.26. The number of benzene rings is 1. The molecule has 0 spiro atoms. The fourth-order valence-electron chi connectivity index (χ4n) is 2.17. The molecule has 1 aromatic rings. The van der Waals surface area contributed by atoms with Crippen LogP contribution in [0.4, 0.5) is 0 Å². The maximum Gasteiger partial charge on any atom is 0.263 e. The monoisotopic (exact) mass is 326 g/mol. The summed E-state index contributed by atoms with van der Waals surface area (Å²) in [5.41, 5.74) is 0. The molecule has 0 aromatic heterocycles. The number of hydrogen-bond acceptors (Lipinski definition) is 3. The van der Waals surface area contributed by atoms with Crippen LogP contribution in [-0.2, 0) is 4.79 Å². The van der Waals surface area contributed by atoms with Crippen molar-refractivity contribution in [3.8, 4) is 5.75 Å². The first kappa shape index (κ1) is 14.3. The summed E-state index contributed by atoms with van der Waals surface area (Å²) < 4.78 is 6.60. The van der Waals surface area contributed by atoms with Crippen molar-refractivity contribution in [2.75, 3.05) is 19.6 Å². The van der Waals surface area contributed by atoms with Crippen molar-refractivity contribution >= 4 is 21.8 Å². The third-order valence-corrected chi connectivity index (χ3v) is 3.82. The average molecular weight is 327 g/mol. The van der Waals surface area contributed by atoms with E-state index in [9.17, 15) is 4.79 Å². The summed E-state index contributed by atoms with van der Waals surface area (Å²) in [7, 11) is 0. The molecular weight excluding hydrogens is 308 g/mol. The highest BCUT2D eigenvalue weighted by molar-refractivity contribution is 9.10. The molecule has 2 atom stereocenters. The molecule has 1 amide bonds.